The molecule has 0 amide bonds. The van der Waals surface area contributed by atoms with E-state index in [2.05, 4.69) is 24.1 Å². The Hall–Kier alpha value is -0.160. The molecule has 15 heavy (non-hydrogen) atoms. The molecule has 0 radical (unpaired) electrons. The molecule has 1 N–H and O–H groups in total. The zero-order valence-electron chi connectivity index (χ0n) is 10.3. The highest BCUT2D eigenvalue weighted by Gasteiger charge is 2.32. The van der Waals surface area contributed by atoms with Crippen molar-refractivity contribution in [2.24, 2.45) is 0 Å². The van der Waals surface area contributed by atoms with Crippen LogP contribution in [0.1, 0.15) is 13.8 Å². The van der Waals surface area contributed by atoms with Crippen LogP contribution in [-0.2, 0) is 9.47 Å². The Bertz CT molecular complexity index is 164. The summed E-state index contributed by atoms with van der Waals surface area (Å²) in [6.45, 7) is 8.39. The van der Waals surface area contributed by atoms with Gasteiger partial charge in [-0.3, -0.25) is 4.90 Å². The van der Waals surface area contributed by atoms with Gasteiger partial charge in [-0.25, -0.2) is 0 Å². The molecule has 1 rings (SSSR count). The van der Waals surface area contributed by atoms with E-state index >= 15 is 0 Å². The molecule has 0 spiro atoms. The first kappa shape index (κ1) is 12.9. The zero-order valence-corrected chi connectivity index (χ0v) is 10.3. The first-order valence-electron chi connectivity index (χ1n) is 5.68. The molecular weight excluding hydrogens is 192 g/mol. The number of rotatable bonds is 6. The van der Waals surface area contributed by atoms with Crippen LogP contribution in [0.15, 0.2) is 0 Å². The molecule has 90 valence electrons. The average Bonchev–Trinajstić information content (AvgIpc) is 2.59. The Kier molecular flexibility index (Phi) is 5.53. The zero-order chi connectivity index (χ0) is 11.3. The van der Waals surface area contributed by atoms with Gasteiger partial charge in [0.2, 0.25) is 0 Å². The maximum absolute atomic E-state index is 5.39. The van der Waals surface area contributed by atoms with Crippen molar-refractivity contribution in [2.75, 3.05) is 40.4 Å². The van der Waals surface area contributed by atoms with Crippen molar-refractivity contribution in [2.45, 2.75) is 32.1 Å². The second kappa shape index (κ2) is 6.43. The summed E-state index contributed by atoms with van der Waals surface area (Å²) in [5.74, 6) is 0. The number of nitrogens with zero attached hydrogens (tertiary/aromatic N) is 1. The van der Waals surface area contributed by atoms with Crippen molar-refractivity contribution in [3.05, 3.63) is 0 Å². The first-order chi connectivity index (χ1) is 7.17. The molecule has 0 aliphatic carbocycles. The summed E-state index contributed by atoms with van der Waals surface area (Å²) in [5.41, 5.74) is 0. The summed E-state index contributed by atoms with van der Waals surface area (Å²) in [7, 11) is 3.51. The van der Waals surface area contributed by atoms with E-state index in [0.717, 1.165) is 26.2 Å². The van der Waals surface area contributed by atoms with Crippen molar-refractivity contribution >= 4 is 0 Å². The second-order valence-corrected chi connectivity index (χ2v) is 4.42. The van der Waals surface area contributed by atoms with Crippen molar-refractivity contribution < 1.29 is 9.47 Å². The molecule has 1 saturated heterocycles. The third-order valence-corrected chi connectivity index (χ3v) is 2.88. The highest BCUT2D eigenvalue weighted by molar-refractivity contribution is 4.85. The summed E-state index contributed by atoms with van der Waals surface area (Å²) in [5, 5.41) is 3.41. The molecule has 0 aromatic rings. The summed E-state index contributed by atoms with van der Waals surface area (Å²) < 4.78 is 10.8. The smallest absolute Gasteiger partial charge is 0.0971 e. The van der Waals surface area contributed by atoms with Crippen LogP contribution in [0.3, 0.4) is 0 Å². The second-order valence-electron chi connectivity index (χ2n) is 4.42. The molecule has 2 unspecified atom stereocenters. The molecule has 1 heterocycles. The standard InChI is InChI=1S/C11H24N2O2/c1-9(2)12-5-6-13-7-10(14-3)11(8-13)15-4/h9-12H,5-8H2,1-4H3. The largest absolute Gasteiger partial charge is 0.377 e. The van der Waals surface area contributed by atoms with Gasteiger partial charge in [-0.05, 0) is 0 Å². The van der Waals surface area contributed by atoms with Crippen LogP contribution in [0.4, 0.5) is 0 Å². The molecule has 1 aliphatic rings. The fourth-order valence-corrected chi connectivity index (χ4v) is 1.97. The van der Waals surface area contributed by atoms with Crippen molar-refractivity contribution in [3.8, 4) is 0 Å². The molecular formula is C11H24N2O2. The minimum atomic E-state index is 0.231. The molecule has 4 heteroatoms. The number of hydrogen-bond donors (Lipinski definition) is 1. The van der Waals surface area contributed by atoms with Gasteiger partial charge in [-0.1, -0.05) is 13.8 Å². The van der Waals surface area contributed by atoms with Gasteiger partial charge in [0, 0.05) is 46.4 Å². The Morgan fingerprint density at radius 2 is 1.73 bits per heavy atom. The van der Waals surface area contributed by atoms with Gasteiger partial charge in [-0.2, -0.15) is 0 Å². The molecule has 0 aromatic heterocycles. The summed E-state index contributed by atoms with van der Waals surface area (Å²) in [4.78, 5) is 2.39. The fourth-order valence-electron chi connectivity index (χ4n) is 1.97. The molecule has 0 bridgehead atoms. The Balaban J connectivity index is 2.22. The van der Waals surface area contributed by atoms with Gasteiger partial charge in [0.25, 0.3) is 0 Å². The lowest BCUT2D eigenvalue weighted by Gasteiger charge is -2.16. The Morgan fingerprint density at radius 1 is 1.20 bits per heavy atom. The molecule has 1 fully saturated rings. The fraction of sp³-hybridized carbons (Fsp3) is 1.00. The maximum atomic E-state index is 5.39. The topological polar surface area (TPSA) is 33.7 Å². The van der Waals surface area contributed by atoms with E-state index in [4.69, 9.17) is 9.47 Å². The van der Waals surface area contributed by atoms with Crippen LogP contribution in [0, 0.1) is 0 Å². The third-order valence-electron chi connectivity index (χ3n) is 2.88. The van der Waals surface area contributed by atoms with Gasteiger partial charge < -0.3 is 14.8 Å². The van der Waals surface area contributed by atoms with Crippen molar-refractivity contribution in [1.29, 1.82) is 0 Å². The van der Waals surface area contributed by atoms with E-state index < -0.39 is 0 Å². The van der Waals surface area contributed by atoms with Gasteiger partial charge in [-0.15, -0.1) is 0 Å². The Morgan fingerprint density at radius 3 is 2.13 bits per heavy atom. The van der Waals surface area contributed by atoms with E-state index in [1.807, 2.05) is 0 Å². The van der Waals surface area contributed by atoms with Gasteiger partial charge >= 0.3 is 0 Å². The number of ether oxygens (including phenoxy) is 2. The van der Waals surface area contributed by atoms with Crippen LogP contribution in [0.2, 0.25) is 0 Å². The summed E-state index contributed by atoms with van der Waals surface area (Å²) >= 11 is 0. The lowest BCUT2D eigenvalue weighted by atomic mass is 10.3. The maximum Gasteiger partial charge on any atom is 0.0971 e. The third kappa shape index (κ3) is 4.07. The van der Waals surface area contributed by atoms with Crippen LogP contribution >= 0.6 is 0 Å². The summed E-state index contributed by atoms with van der Waals surface area (Å²) in [6.07, 6.45) is 0.461. The van der Waals surface area contributed by atoms with Gasteiger partial charge in [0.15, 0.2) is 0 Å². The van der Waals surface area contributed by atoms with Crippen molar-refractivity contribution in [3.63, 3.8) is 0 Å². The van der Waals surface area contributed by atoms with E-state index in [-0.39, 0.29) is 12.2 Å². The predicted molar refractivity (Wildman–Crippen MR) is 61.2 cm³/mol. The SMILES string of the molecule is COC1CN(CCNC(C)C)CC1OC. The Labute approximate surface area is 92.9 Å². The monoisotopic (exact) mass is 216 g/mol. The van der Waals surface area contributed by atoms with Gasteiger partial charge in [0.1, 0.15) is 0 Å². The number of methoxy groups -OCH3 is 2. The van der Waals surface area contributed by atoms with Crippen LogP contribution in [0.5, 0.6) is 0 Å². The summed E-state index contributed by atoms with van der Waals surface area (Å²) in [6, 6.07) is 0.559. The van der Waals surface area contributed by atoms with Crippen molar-refractivity contribution in [1.82, 2.24) is 10.2 Å². The van der Waals surface area contributed by atoms with Crippen LogP contribution < -0.4 is 5.32 Å². The van der Waals surface area contributed by atoms with E-state index in [0.29, 0.717) is 6.04 Å². The minimum Gasteiger partial charge on any atom is -0.377 e. The number of likely N-dealkylation sites (tertiary alicyclic amines) is 1. The molecule has 4 nitrogen and oxygen atoms in total. The molecule has 1 aliphatic heterocycles. The van der Waals surface area contributed by atoms with Crippen LogP contribution in [-0.4, -0.2) is 63.5 Å². The van der Waals surface area contributed by atoms with E-state index in [1.54, 1.807) is 14.2 Å². The predicted octanol–water partition coefficient (Wildman–Crippen LogP) is 0.330. The van der Waals surface area contributed by atoms with E-state index in [9.17, 15) is 0 Å². The first-order valence-corrected chi connectivity index (χ1v) is 5.68. The number of nitrogens with one attached hydrogen (secondary N) is 1. The highest BCUT2D eigenvalue weighted by Crippen LogP contribution is 2.14. The highest BCUT2D eigenvalue weighted by atomic mass is 16.5. The molecule has 0 saturated carbocycles. The number of hydrogen-bond acceptors (Lipinski definition) is 4. The average molecular weight is 216 g/mol. The minimum absolute atomic E-state index is 0.231. The van der Waals surface area contributed by atoms with Crippen LogP contribution in [0.25, 0.3) is 0 Å². The lowest BCUT2D eigenvalue weighted by molar-refractivity contribution is -0.00461. The molecule has 2 atom stereocenters. The normalized spacial score (nSPS) is 27.8. The van der Waals surface area contributed by atoms with E-state index in [1.165, 1.54) is 0 Å². The van der Waals surface area contributed by atoms with Gasteiger partial charge in [0.05, 0.1) is 12.2 Å². The lowest BCUT2D eigenvalue weighted by Crippen LogP contribution is -2.34. The quantitative estimate of drug-likeness (QED) is 0.694. The molecule has 0 aromatic carbocycles.